The molecule has 0 saturated carbocycles. The van der Waals surface area contributed by atoms with E-state index < -0.39 is 6.10 Å². The molecule has 1 aliphatic rings. The normalized spacial score (nSPS) is 13.4. The molecule has 0 bridgehead atoms. The zero-order chi connectivity index (χ0) is 31.9. The van der Waals surface area contributed by atoms with Crippen molar-refractivity contribution >= 4 is 23.7 Å². The highest BCUT2D eigenvalue weighted by Crippen LogP contribution is 2.27. The van der Waals surface area contributed by atoms with Gasteiger partial charge in [-0.1, -0.05) is 44.2 Å². The van der Waals surface area contributed by atoms with Gasteiger partial charge >= 0.3 is 0 Å². The van der Waals surface area contributed by atoms with Crippen molar-refractivity contribution in [1.82, 2.24) is 10.2 Å². The quantitative estimate of drug-likeness (QED) is 0.114. The van der Waals surface area contributed by atoms with Crippen LogP contribution in [0.25, 0.3) is 0 Å². The molecule has 2 atom stereocenters. The summed E-state index contributed by atoms with van der Waals surface area (Å²) < 4.78 is 5.14. The summed E-state index contributed by atoms with van der Waals surface area (Å²) in [5.74, 6) is 0.914. The van der Waals surface area contributed by atoms with Gasteiger partial charge in [-0.25, -0.2) is 0 Å². The molecule has 44 heavy (non-hydrogen) atoms. The van der Waals surface area contributed by atoms with Crippen molar-refractivity contribution in [2.45, 2.75) is 65.0 Å². The fourth-order valence-electron chi connectivity index (χ4n) is 5.35. The number of carbonyl (C=O) groups is 2. The Labute approximate surface area is 261 Å². The number of ether oxygens (including phenoxy) is 1. The van der Waals surface area contributed by atoms with Gasteiger partial charge in [-0.15, -0.1) is 0 Å². The number of fused-ring (bicyclic) bond motifs is 1. The molecule has 0 aliphatic carbocycles. The van der Waals surface area contributed by atoms with Crippen LogP contribution in [-0.2, 0) is 28.9 Å². The fourth-order valence-corrected chi connectivity index (χ4v) is 5.35. The van der Waals surface area contributed by atoms with Gasteiger partial charge < -0.3 is 35.8 Å². The monoisotopic (exact) mass is 604 g/mol. The molecule has 1 aliphatic heterocycles. The number of carbonyl (C=O) groups excluding carboxylic acids is 2. The Morgan fingerprint density at radius 1 is 1.05 bits per heavy atom. The van der Waals surface area contributed by atoms with Gasteiger partial charge in [-0.2, -0.15) is 0 Å². The molecule has 1 heterocycles. The van der Waals surface area contributed by atoms with E-state index in [1.807, 2.05) is 43.3 Å². The van der Waals surface area contributed by atoms with E-state index in [1.54, 1.807) is 19.2 Å². The standard InChI is InChI=1S/C19H24N2O4.C16H24N2O/c1-13(9-14-3-6-16(25-2)7-4-14)20-11-19(24)15-5-8-18(23)17(10-15)21-12-22;1-3-9-18(10-4-2)11-8-13-6-5-7-15-14(13)12-16(19)17-15/h3-8,10,12-13,19-20,23-24H,9,11H2,1-2H3,(H,21,22);5-7H,3-4,8-12H2,1-2H3,(H,17,19)/t13-,19+;/m1./s1. The lowest BCUT2D eigenvalue weighted by Crippen LogP contribution is -2.32. The van der Waals surface area contributed by atoms with E-state index in [-0.39, 0.29) is 23.4 Å². The smallest absolute Gasteiger partial charge is 0.228 e. The van der Waals surface area contributed by atoms with Crippen LogP contribution < -0.4 is 20.7 Å². The molecule has 0 radical (unpaired) electrons. The SMILES string of the molecule is CCCN(CCC)CCc1cccc2c1CC(=O)N2.COc1ccc(C[C@@H](C)NC[C@H](O)c2ccc(O)c(NC=O)c2)cc1. The molecule has 3 aromatic carbocycles. The second-order valence-corrected chi connectivity index (χ2v) is 11.2. The molecule has 2 amide bonds. The molecule has 0 fully saturated rings. The van der Waals surface area contributed by atoms with Gasteiger partial charge in [0.2, 0.25) is 12.3 Å². The zero-order valence-corrected chi connectivity index (χ0v) is 26.4. The van der Waals surface area contributed by atoms with Crippen LogP contribution in [0.3, 0.4) is 0 Å². The van der Waals surface area contributed by atoms with Crippen molar-refractivity contribution in [1.29, 1.82) is 0 Å². The Balaban J connectivity index is 0.000000249. The van der Waals surface area contributed by atoms with E-state index in [0.29, 0.717) is 24.9 Å². The third-order valence-electron chi connectivity index (χ3n) is 7.64. The first kappa shape index (κ1) is 34.6. The van der Waals surface area contributed by atoms with Crippen LogP contribution in [0.2, 0.25) is 0 Å². The Bertz CT molecular complexity index is 1330. The van der Waals surface area contributed by atoms with Crippen molar-refractivity contribution in [3.63, 3.8) is 0 Å². The Morgan fingerprint density at radius 2 is 1.77 bits per heavy atom. The zero-order valence-electron chi connectivity index (χ0n) is 26.4. The van der Waals surface area contributed by atoms with E-state index in [4.69, 9.17) is 4.74 Å². The Morgan fingerprint density at radius 3 is 2.43 bits per heavy atom. The maximum atomic E-state index is 11.5. The summed E-state index contributed by atoms with van der Waals surface area (Å²) in [4.78, 5) is 24.5. The molecule has 238 valence electrons. The summed E-state index contributed by atoms with van der Waals surface area (Å²) in [7, 11) is 1.64. The molecular weight excluding hydrogens is 556 g/mol. The van der Waals surface area contributed by atoms with Crippen molar-refractivity contribution in [3.05, 3.63) is 82.9 Å². The first-order chi connectivity index (χ1) is 21.3. The number of rotatable bonds is 16. The minimum absolute atomic E-state index is 0.0381. The van der Waals surface area contributed by atoms with Gasteiger partial charge in [0.05, 0.1) is 25.3 Å². The number of aliphatic hydroxyl groups is 1. The van der Waals surface area contributed by atoms with Gasteiger partial charge in [0.1, 0.15) is 11.5 Å². The van der Waals surface area contributed by atoms with Gasteiger partial charge in [0, 0.05) is 24.8 Å². The van der Waals surface area contributed by atoms with E-state index in [1.165, 1.54) is 48.7 Å². The second kappa shape index (κ2) is 18.0. The van der Waals surface area contributed by atoms with Gasteiger partial charge in [0.15, 0.2) is 0 Å². The van der Waals surface area contributed by atoms with Crippen molar-refractivity contribution < 1.29 is 24.5 Å². The third-order valence-corrected chi connectivity index (χ3v) is 7.64. The summed E-state index contributed by atoms with van der Waals surface area (Å²) >= 11 is 0. The van der Waals surface area contributed by atoms with Gasteiger partial charge in [-0.3, -0.25) is 9.59 Å². The molecule has 0 aromatic heterocycles. The summed E-state index contributed by atoms with van der Waals surface area (Å²) in [5, 5.41) is 28.6. The Hall–Kier alpha value is -3.92. The van der Waals surface area contributed by atoms with Crippen molar-refractivity contribution in [2.75, 3.05) is 43.9 Å². The van der Waals surface area contributed by atoms with Crippen LogP contribution in [0, 0.1) is 0 Å². The van der Waals surface area contributed by atoms with Crippen LogP contribution in [0.15, 0.2) is 60.7 Å². The number of phenolic OH excluding ortho intramolecular Hbond substituents is 1. The summed E-state index contributed by atoms with van der Waals surface area (Å²) in [6.45, 7) is 10.3. The first-order valence-corrected chi connectivity index (χ1v) is 15.5. The molecule has 3 aromatic rings. The van der Waals surface area contributed by atoms with E-state index >= 15 is 0 Å². The highest BCUT2D eigenvalue weighted by atomic mass is 16.5. The van der Waals surface area contributed by atoms with Crippen molar-refractivity contribution in [3.8, 4) is 11.5 Å². The minimum atomic E-state index is -0.744. The minimum Gasteiger partial charge on any atom is -0.506 e. The number of phenols is 1. The molecular formula is C35H48N4O5. The van der Waals surface area contributed by atoms with E-state index in [0.717, 1.165) is 30.8 Å². The number of aliphatic hydroxyl groups excluding tert-OH is 1. The molecule has 4 rings (SSSR count). The lowest BCUT2D eigenvalue weighted by Gasteiger charge is -2.21. The number of amides is 2. The number of nitrogens with one attached hydrogen (secondary N) is 3. The maximum absolute atomic E-state index is 11.5. The third kappa shape index (κ3) is 10.7. The molecule has 0 unspecified atom stereocenters. The van der Waals surface area contributed by atoms with Crippen LogP contribution in [-0.4, -0.2) is 66.8 Å². The largest absolute Gasteiger partial charge is 0.506 e. The highest BCUT2D eigenvalue weighted by molar-refractivity contribution is 5.99. The lowest BCUT2D eigenvalue weighted by atomic mass is 10.0. The molecule has 9 heteroatoms. The van der Waals surface area contributed by atoms with Crippen LogP contribution in [0.5, 0.6) is 11.5 Å². The second-order valence-electron chi connectivity index (χ2n) is 11.2. The van der Waals surface area contributed by atoms with Crippen LogP contribution in [0.4, 0.5) is 11.4 Å². The topological polar surface area (TPSA) is 123 Å². The lowest BCUT2D eigenvalue weighted by molar-refractivity contribution is -0.115. The summed E-state index contributed by atoms with van der Waals surface area (Å²) in [6.07, 6.45) is 4.56. The number of benzene rings is 3. The number of anilines is 2. The summed E-state index contributed by atoms with van der Waals surface area (Å²) in [5.41, 5.74) is 5.62. The predicted molar refractivity (Wildman–Crippen MR) is 176 cm³/mol. The van der Waals surface area contributed by atoms with Gasteiger partial charge in [-0.05, 0) is 98.3 Å². The van der Waals surface area contributed by atoms with Crippen LogP contribution >= 0.6 is 0 Å². The number of aromatic hydroxyl groups is 1. The highest BCUT2D eigenvalue weighted by Gasteiger charge is 2.20. The fraction of sp³-hybridized carbons (Fsp3) is 0.429. The average Bonchev–Trinajstić information content (AvgIpc) is 3.41. The van der Waals surface area contributed by atoms with Crippen LogP contribution in [0.1, 0.15) is 62.0 Å². The van der Waals surface area contributed by atoms with E-state index in [2.05, 4.69) is 40.8 Å². The number of methoxy groups -OCH3 is 1. The summed E-state index contributed by atoms with van der Waals surface area (Å²) in [6, 6.07) is 18.9. The molecule has 5 N–H and O–H groups in total. The van der Waals surface area contributed by atoms with Crippen molar-refractivity contribution in [2.24, 2.45) is 0 Å². The Kier molecular flexibility index (Phi) is 14.2. The molecule has 0 spiro atoms. The molecule has 0 saturated heterocycles. The molecule has 9 nitrogen and oxygen atoms in total. The number of hydrogen-bond donors (Lipinski definition) is 5. The number of nitrogens with zero attached hydrogens (tertiary/aromatic N) is 1. The number of hydrogen-bond acceptors (Lipinski definition) is 7. The van der Waals surface area contributed by atoms with E-state index in [9.17, 15) is 19.8 Å². The first-order valence-electron chi connectivity index (χ1n) is 15.5. The average molecular weight is 605 g/mol. The van der Waals surface area contributed by atoms with Gasteiger partial charge in [0.25, 0.3) is 0 Å². The predicted octanol–water partition coefficient (Wildman–Crippen LogP) is 5.07. The maximum Gasteiger partial charge on any atom is 0.228 e.